The van der Waals surface area contributed by atoms with E-state index in [2.05, 4.69) is 15.6 Å². The summed E-state index contributed by atoms with van der Waals surface area (Å²) in [5.74, 6) is 0. The van der Waals surface area contributed by atoms with Gasteiger partial charge in [0.05, 0.1) is 10.1 Å². The Kier molecular flexibility index (Phi) is 3.38. The highest BCUT2D eigenvalue weighted by molar-refractivity contribution is 5.61. The van der Waals surface area contributed by atoms with Crippen molar-refractivity contribution in [3.63, 3.8) is 0 Å². The maximum atomic E-state index is 4.53. The predicted molar refractivity (Wildman–Crippen MR) is 92.2 cm³/mol. The van der Waals surface area contributed by atoms with E-state index < -0.39 is 0 Å². The van der Waals surface area contributed by atoms with Gasteiger partial charge in [-0.2, -0.15) is 5.43 Å². The van der Waals surface area contributed by atoms with Crippen molar-refractivity contribution in [1.29, 1.82) is 0 Å². The number of anilines is 1. The quantitative estimate of drug-likeness (QED) is 0.749. The van der Waals surface area contributed by atoms with Gasteiger partial charge in [0.1, 0.15) is 22.8 Å². The third-order valence-electron chi connectivity index (χ3n) is 3.86. The maximum absolute atomic E-state index is 4.53. The second-order valence-electron chi connectivity index (χ2n) is 5.49. The van der Waals surface area contributed by atoms with Crippen molar-refractivity contribution in [3.8, 4) is 0 Å². The lowest BCUT2D eigenvalue weighted by molar-refractivity contribution is -0.471. The van der Waals surface area contributed by atoms with Crippen LogP contribution in [-0.2, 0) is 0 Å². The van der Waals surface area contributed by atoms with Crippen molar-refractivity contribution in [2.45, 2.75) is 13.8 Å². The number of benzene rings is 2. The molecule has 0 bridgehead atoms. The van der Waals surface area contributed by atoms with Crippen LogP contribution >= 0.6 is 0 Å². The molecule has 120 valence electrons. The SMILES string of the molecule is Cc1nn(N2N(c3ccccc3)NC=[N+]2c2ccccc2)nc1C. The van der Waals surface area contributed by atoms with Crippen LogP contribution < -0.4 is 15.8 Å². The molecule has 2 heterocycles. The van der Waals surface area contributed by atoms with Gasteiger partial charge in [0.25, 0.3) is 0 Å². The largest absolute Gasteiger partial charge is 0.232 e. The van der Waals surface area contributed by atoms with Crippen molar-refractivity contribution in [3.05, 3.63) is 72.1 Å². The Hall–Kier alpha value is -3.35. The van der Waals surface area contributed by atoms with Crippen LogP contribution in [0.2, 0.25) is 0 Å². The first-order valence-corrected chi connectivity index (χ1v) is 7.74. The lowest BCUT2D eigenvalue weighted by Crippen LogP contribution is -2.54. The minimum absolute atomic E-state index is 0.892. The predicted octanol–water partition coefficient (Wildman–Crippen LogP) is 2.06. The first kappa shape index (κ1) is 14.3. The van der Waals surface area contributed by atoms with E-state index in [4.69, 9.17) is 0 Å². The van der Waals surface area contributed by atoms with Gasteiger partial charge in [-0.25, -0.2) is 0 Å². The number of hydrazone groups is 1. The molecule has 0 amide bonds. The number of aromatic nitrogens is 3. The van der Waals surface area contributed by atoms with Crippen molar-refractivity contribution >= 4 is 17.7 Å². The Bertz CT molecular complexity index is 851. The average Bonchev–Trinajstić information content (AvgIpc) is 3.20. The van der Waals surface area contributed by atoms with Crippen LogP contribution in [0.4, 0.5) is 11.4 Å². The zero-order chi connectivity index (χ0) is 16.5. The van der Waals surface area contributed by atoms with E-state index in [-0.39, 0.29) is 0 Å². The highest BCUT2D eigenvalue weighted by Crippen LogP contribution is 2.20. The summed E-state index contributed by atoms with van der Waals surface area (Å²) in [4.78, 5) is 1.58. The number of nitrogens with one attached hydrogen (secondary N) is 1. The number of hydrazine groups is 3. The molecule has 7 heteroatoms. The highest BCUT2D eigenvalue weighted by atomic mass is 16.1. The molecule has 3 aromatic rings. The summed E-state index contributed by atoms with van der Waals surface area (Å²) < 4.78 is 1.95. The third-order valence-corrected chi connectivity index (χ3v) is 3.86. The van der Waals surface area contributed by atoms with E-state index in [0.29, 0.717) is 0 Å². The van der Waals surface area contributed by atoms with Gasteiger partial charge in [0, 0.05) is 0 Å². The van der Waals surface area contributed by atoms with Gasteiger partial charge in [-0.1, -0.05) is 51.7 Å². The first-order chi connectivity index (χ1) is 11.7. The topological polar surface area (TPSA) is 52.2 Å². The Morgan fingerprint density at radius 1 is 0.833 bits per heavy atom. The zero-order valence-electron chi connectivity index (χ0n) is 13.5. The van der Waals surface area contributed by atoms with E-state index in [1.807, 2.05) is 95.9 Å². The lowest BCUT2D eigenvalue weighted by atomic mass is 10.3. The molecule has 1 aliphatic rings. The monoisotopic (exact) mass is 320 g/mol. The van der Waals surface area contributed by atoms with Gasteiger partial charge in [-0.05, 0) is 38.1 Å². The second kappa shape index (κ2) is 5.69. The van der Waals surface area contributed by atoms with E-state index in [1.165, 1.54) is 0 Å². The number of aryl methyl sites for hydroxylation is 2. The molecular weight excluding hydrogens is 302 g/mol. The molecule has 0 saturated carbocycles. The fourth-order valence-corrected chi connectivity index (χ4v) is 2.50. The smallest absolute Gasteiger partial charge is 0.187 e. The fraction of sp³-hybridized carbons (Fsp3) is 0.118. The summed E-state index contributed by atoms with van der Waals surface area (Å²) in [5, 5.41) is 12.8. The average molecular weight is 320 g/mol. The zero-order valence-corrected chi connectivity index (χ0v) is 13.5. The van der Waals surface area contributed by atoms with Gasteiger partial charge < -0.3 is 0 Å². The van der Waals surface area contributed by atoms with Crippen LogP contribution in [0.5, 0.6) is 0 Å². The Morgan fingerprint density at radius 3 is 2.04 bits per heavy atom. The van der Waals surface area contributed by atoms with Crippen LogP contribution in [0.15, 0.2) is 60.7 Å². The van der Waals surface area contributed by atoms with Crippen LogP contribution in [-0.4, -0.2) is 26.1 Å². The minimum atomic E-state index is 0.892. The number of nitrogens with zero attached hydrogens (tertiary/aromatic N) is 6. The van der Waals surface area contributed by atoms with Crippen molar-refractivity contribution < 1.29 is 4.68 Å². The van der Waals surface area contributed by atoms with Crippen LogP contribution in [0, 0.1) is 13.8 Å². The third kappa shape index (κ3) is 2.36. The van der Waals surface area contributed by atoms with E-state index in [1.54, 1.807) is 4.91 Å². The molecule has 0 atom stereocenters. The van der Waals surface area contributed by atoms with Gasteiger partial charge >= 0.3 is 0 Å². The molecular formula is C17H18N7+. The molecule has 1 N–H and O–H groups in total. The van der Waals surface area contributed by atoms with Crippen LogP contribution in [0.1, 0.15) is 11.4 Å². The molecule has 0 fully saturated rings. The summed E-state index contributed by atoms with van der Waals surface area (Å²) in [6.07, 6.45) is 1.87. The molecule has 2 aromatic carbocycles. The number of rotatable bonds is 3. The fourth-order valence-electron chi connectivity index (χ4n) is 2.50. The molecule has 0 saturated heterocycles. The van der Waals surface area contributed by atoms with Crippen LogP contribution in [0.25, 0.3) is 0 Å². The normalized spacial score (nSPS) is 13.8. The maximum Gasteiger partial charge on any atom is 0.232 e. The summed E-state index contributed by atoms with van der Waals surface area (Å²) in [7, 11) is 0. The van der Waals surface area contributed by atoms with Crippen molar-refractivity contribution in [1.82, 2.24) is 20.5 Å². The molecule has 7 nitrogen and oxygen atoms in total. The van der Waals surface area contributed by atoms with E-state index >= 15 is 0 Å². The van der Waals surface area contributed by atoms with Gasteiger partial charge in [0.15, 0.2) is 0 Å². The number of hydrogen-bond acceptors (Lipinski definition) is 5. The molecule has 0 radical (unpaired) electrons. The van der Waals surface area contributed by atoms with Gasteiger partial charge in [0.2, 0.25) is 6.34 Å². The summed E-state index contributed by atoms with van der Waals surface area (Å²) in [6.45, 7) is 3.90. The van der Waals surface area contributed by atoms with Gasteiger partial charge in [-0.15, -0.1) is 4.68 Å². The molecule has 0 aliphatic carbocycles. The standard InChI is InChI=1S/C17H17N7/c1-14-15(2)20-23(19-14)24-21(16-9-5-3-6-10-16)13-18-22(24)17-11-7-4-8-12-17/h3-13H,1-2H3/p+1. The summed E-state index contributed by atoms with van der Waals surface area (Å²) in [6, 6.07) is 20.1. The van der Waals surface area contributed by atoms with Crippen molar-refractivity contribution in [2.24, 2.45) is 0 Å². The minimum Gasteiger partial charge on any atom is -0.187 e. The molecule has 4 rings (SSSR count). The Balaban J connectivity index is 1.80. The molecule has 1 aliphatic heterocycles. The number of para-hydroxylation sites is 2. The lowest BCUT2D eigenvalue weighted by Gasteiger charge is -2.23. The Labute approximate surface area is 139 Å². The number of hydrogen-bond donors (Lipinski definition) is 1. The van der Waals surface area contributed by atoms with E-state index in [0.717, 1.165) is 22.8 Å². The molecule has 0 spiro atoms. The second-order valence-corrected chi connectivity index (χ2v) is 5.49. The van der Waals surface area contributed by atoms with Crippen LogP contribution in [0.3, 0.4) is 0 Å². The summed E-state index contributed by atoms with van der Waals surface area (Å²) in [5.41, 5.74) is 7.01. The molecule has 24 heavy (non-hydrogen) atoms. The van der Waals surface area contributed by atoms with Crippen molar-refractivity contribution in [2.75, 3.05) is 10.3 Å². The highest BCUT2D eigenvalue weighted by Gasteiger charge is 2.35. The first-order valence-electron chi connectivity index (χ1n) is 7.74. The Morgan fingerprint density at radius 2 is 1.42 bits per heavy atom. The molecule has 0 unspecified atom stereocenters. The molecule has 1 aromatic heterocycles. The summed E-state index contributed by atoms with van der Waals surface area (Å²) >= 11 is 0. The van der Waals surface area contributed by atoms with Gasteiger partial charge in [-0.3, -0.25) is 0 Å². The van der Waals surface area contributed by atoms with E-state index in [9.17, 15) is 0 Å².